The third-order valence-electron chi connectivity index (χ3n) is 5.05. The van der Waals surface area contributed by atoms with Crippen molar-refractivity contribution in [3.8, 4) is 5.69 Å². The summed E-state index contributed by atoms with van der Waals surface area (Å²) in [5.41, 5.74) is 2.36. The van der Waals surface area contributed by atoms with Gasteiger partial charge in [0.25, 0.3) is 11.8 Å². The number of anilines is 1. The minimum absolute atomic E-state index is 0.205. The molecule has 0 saturated carbocycles. The van der Waals surface area contributed by atoms with Gasteiger partial charge in [0.1, 0.15) is 11.4 Å². The number of imide groups is 2. The van der Waals surface area contributed by atoms with Crippen molar-refractivity contribution in [3.63, 3.8) is 0 Å². The first-order valence-corrected chi connectivity index (χ1v) is 9.76. The first-order chi connectivity index (χ1) is 14.8. The second kappa shape index (κ2) is 7.85. The number of carbonyl (C=O) groups excluding carboxylic acids is 3. The van der Waals surface area contributed by atoms with Crippen LogP contribution in [0.1, 0.15) is 17.0 Å². The number of nitrogens with one attached hydrogen (secondary N) is 1. The van der Waals surface area contributed by atoms with Gasteiger partial charge in [-0.15, -0.1) is 0 Å². The number of hydrogen-bond acceptors (Lipinski definition) is 3. The maximum atomic E-state index is 14.3. The van der Waals surface area contributed by atoms with Gasteiger partial charge in [-0.25, -0.2) is 14.1 Å². The van der Waals surface area contributed by atoms with E-state index in [0.717, 1.165) is 10.6 Å². The number of barbiturate groups is 1. The van der Waals surface area contributed by atoms with E-state index >= 15 is 0 Å². The summed E-state index contributed by atoms with van der Waals surface area (Å²) in [5.74, 6) is -1.95. The van der Waals surface area contributed by atoms with Gasteiger partial charge in [0.05, 0.1) is 11.4 Å². The van der Waals surface area contributed by atoms with Crippen molar-refractivity contribution in [1.29, 1.82) is 0 Å². The van der Waals surface area contributed by atoms with Crippen molar-refractivity contribution < 1.29 is 18.8 Å². The standard InChI is InChI=1S/C23H17ClFN3O3/c1-13-11-15(14(2)27(13)20-6-4-3-5-19(20)25)12-18-21(29)26-23(31)28(22(18)30)17-9-7-16(24)8-10-17/h3-12H,1-2H3,(H,26,29,31)/b18-12+. The SMILES string of the molecule is Cc1cc(/C=C2\C(=O)NC(=O)N(c3ccc(Cl)cc3)C2=O)c(C)n1-c1ccccc1F. The van der Waals surface area contributed by atoms with Gasteiger partial charge in [0, 0.05) is 16.4 Å². The predicted octanol–water partition coefficient (Wildman–Crippen LogP) is 4.55. The molecule has 6 nitrogen and oxygen atoms in total. The second-order valence-corrected chi connectivity index (χ2v) is 7.48. The zero-order chi connectivity index (χ0) is 22.3. The smallest absolute Gasteiger partial charge is 0.315 e. The van der Waals surface area contributed by atoms with Crippen LogP contribution in [0.4, 0.5) is 14.9 Å². The molecule has 0 spiro atoms. The number of rotatable bonds is 3. The summed E-state index contributed by atoms with van der Waals surface area (Å²) in [5, 5.41) is 2.63. The molecule has 1 aliphatic heterocycles. The summed E-state index contributed by atoms with van der Waals surface area (Å²) < 4.78 is 16.0. The quantitative estimate of drug-likeness (QED) is 0.482. The van der Waals surface area contributed by atoms with E-state index in [0.29, 0.717) is 22.0 Å². The second-order valence-electron chi connectivity index (χ2n) is 7.05. The summed E-state index contributed by atoms with van der Waals surface area (Å²) in [7, 11) is 0. The van der Waals surface area contributed by atoms with Gasteiger partial charge in [0.15, 0.2) is 0 Å². The normalized spacial score (nSPS) is 15.5. The van der Waals surface area contributed by atoms with Crippen LogP contribution in [-0.2, 0) is 9.59 Å². The van der Waals surface area contributed by atoms with Gasteiger partial charge in [0.2, 0.25) is 0 Å². The van der Waals surface area contributed by atoms with Crippen molar-refractivity contribution in [2.24, 2.45) is 0 Å². The van der Waals surface area contributed by atoms with E-state index in [2.05, 4.69) is 5.32 Å². The van der Waals surface area contributed by atoms with Crippen molar-refractivity contribution >= 4 is 41.2 Å². The summed E-state index contributed by atoms with van der Waals surface area (Å²) >= 11 is 5.88. The van der Waals surface area contributed by atoms with Crippen LogP contribution in [0.5, 0.6) is 0 Å². The van der Waals surface area contributed by atoms with Crippen molar-refractivity contribution in [1.82, 2.24) is 9.88 Å². The van der Waals surface area contributed by atoms with Gasteiger partial charge < -0.3 is 4.57 Å². The fraction of sp³-hybridized carbons (Fsp3) is 0.0870. The highest BCUT2D eigenvalue weighted by molar-refractivity contribution is 6.39. The summed E-state index contributed by atoms with van der Waals surface area (Å²) in [6.45, 7) is 3.56. The first kappa shape index (κ1) is 20.6. The van der Waals surface area contributed by atoms with Crippen LogP contribution in [0.2, 0.25) is 5.02 Å². The number of aromatic nitrogens is 1. The number of carbonyl (C=O) groups is 3. The molecule has 0 unspecified atom stereocenters. The van der Waals surface area contributed by atoms with E-state index in [1.807, 2.05) is 0 Å². The van der Waals surface area contributed by atoms with Gasteiger partial charge >= 0.3 is 6.03 Å². The molecule has 1 N–H and O–H groups in total. The molecule has 1 fully saturated rings. The largest absolute Gasteiger partial charge is 0.335 e. The minimum Gasteiger partial charge on any atom is -0.315 e. The number of benzene rings is 2. The molecular weight excluding hydrogens is 421 g/mol. The van der Waals surface area contributed by atoms with E-state index in [1.54, 1.807) is 54.8 Å². The summed E-state index contributed by atoms with van der Waals surface area (Å²) in [6, 6.07) is 13.3. The molecule has 1 aromatic heterocycles. The van der Waals surface area contributed by atoms with Crippen molar-refractivity contribution in [2.75, 3.05) is 4.90 Å². The molecule has 0 bridgehead atoms. The molecular formula is C23H17ClFN3O3. The number of amides is 4. The van der Waals surface area contributed by atoms with E-state index < -0.39 is 23.7 Å². The Kier molecular flexibility index (Phi) is 5.20. The molecule has 4 amide bonds. The van der Waals surface area contributed by atoms with Gasteiger partial charge in [-0.2, -0.15) is 0 Å². The number of hydrogen-bond donors (Lipinski definition) is 1. The molecule has 3 aromatic rings. The molecule has 0 atom stereocenters. The molecule has 8 heteroatoms. The topological polar surface area (TPSA) is 71.4 Å². The van der Waals surface area contributed by atoms with Gasteiger partial charge in [-0.1, -0.05) is 23.7 Å². The monoisotopic (exact) mass is 437 g/mol. The zero-order valence-electron chi connectivity index (χ0n) is 16.6. The fourth-order valence-electron chi connectivity index (χ4n) is 3.58. The maximum Gasteiger partial charge on any atom is 0.335 e. The Morgan fingerprint density at radius 1 is 1.00 bits per heavy atom. The van der Waals surface area contributed by atoms with Crippen LogP contribution in [-0.4, -0.2) is 22.4 Å². The molecule has 2 heterocycles. The highest BCUT2D eigenvalue weighted by atomic mass is 35.5. The van der Waals surface area contributed by atoms with Gasteiger partial charge in [-0.05, 0) is 68.0 Å². The Labute approximate surface area is 182 Å². The van der Waals surface area contributed by atoms with Crippen LogP contribution >= 0.6 is 11.6 Å². The summed E-state index contributed by atoms with van der Waals surface area (Å²) in [6.07, 6.45) is 1.41. The van der Waals surface area contributed by atoms with Crippen molar-refractivity contribution in [2.45, 2.75) is 13.8 Å². The Hall–Kier alpha value is -3.71. The highest BCUT2D eigenvalue weighted by Gasteiger charge is 2.37. The number of para-hydroxylation sites is 1. The Morgan fingerprint density at radius 3 is 2.35 bits per heavy atom. The lowest BCUT2D eigenvalue weighted by Crippen LogP contribution is -2.54. The molecule has 31 heavy (non-hydrogen) atoms. The molecule has 156 valence electrons. The Balaban J connectivity index is 1.77. The summed E-state index contributed by atoms with van der Waals surface area (Å²) in [4.78, 5) is 38.7. The van der Waals surface area contributed by atoms with Crippen molar-refractivity contribution in [3.05, 3.63) is 88.0 Å². The lowest BCUT2D eigenvalue weighted by atomic mass is 10.1. The Morgan fingerprint density at radius 2 is 1.68 bits per heavy atom. The molecule has 0 radical (unpaired) electrons. The van der Waals surface area contributed by atoms with E-state index in [1.165, 1.54) is 24.3 Å². The van der Waals surface area contributed by atoms with Crippen LogP contribution in [0.3, 0.4) is 0 Å². The van der Waals surface area contributed by atoms with Crippen LogP contribution < -0.4 is 10.2 Å². The Bertz CT molecular complexity index is 1260. The average molecular weight is 438 g/mol. The number of urea groups is 1. The van der Waals surface area contributed by atoms with E-state index in [9.17, 15) is 18.8 Å². The number of aryl methyl sites for hydroxylation is 1. The molecule has 0 aliphatic carbocycles. The molecule has 1 aliphatic rings. The van der Waals surface area contributed by atoms with Crippen LogP contribution in [0.25, 0.3) is 11.8 Å². The lowest BCUT2D eigenvalue weighted by molar-refractivity contribution is -0.122. The third kappa shape index (κ3) is 3.64. The number of nitrogens with zero attached hydrogens (tertiary/aromatic N) is 2. The molecule has 4 rings (SSSR count). The first-order valence-electron chi connectivity index (χ1n) is 9.39. The number of halogens is 2. The van der Waals surface area contributed by atoms with E-state index in [-0.39, 0.29) is 11.3 Å². The zero-order valence-corrected chi connectivity index (χ0v) is 17.4. The maximum absolute atomic E-state index is 14.3. The van der Waals surface area contributed by atoms with Gasteiger partial charge in [-0.3, -0.25) is 14.9 Å². The third-order valence-corrected chi connectivity index (χ3v) is 5.30. The van der Waals surface area contributed by atoms with E-state index in [4.69, 9.17) is 11.6 Å². The molecule has 2 aromatic carbocycles. The minimum atomic E-state index is -0.841. The molecule has 1 saturated heterocycles. The fourth-order valence-corrected chi connectivity index (χ4v) is 3.70. The van der Waals surface area contributed by atoms with Crippen LogP contribution in [0, 0.1) is 19.7 Å². The average Bonchev–Trinajstić information content (AvgIpc) is 3.00. The highest BCUT2D eigenvalue weighted by Crippen LogP contribution is 2.27. The van der Waals surface area contributed by atoms with Crippen LogP contribution in [0.15, 0.2) is 60.2 Å². The lowest BCUT2D eigenvalue weighted by Gasteiger charge is -2.26. The predicted molar refractivity (Wildman–Crippen MR) is 116 cm³/mol.